The van der Waals surface area contributed by atoms with Crippen LogP contribution in [0.5, 0.6) is 5.75 Å². The summed E-state index contributed by atoms with van der Waals surface area (Å²) >= 11 is 7.28. The summed E-state index contributed by atoms with van der Waals surface area (Å²) in [4.78, 5) is 21.6. The standard InChI is InChI=1S/C9H6ClIO3/c1-14-8-3-6(9(10)13)7(11)2-5(8)4-12/h2-4H,1H3. The molecule has 1 aromatic rings. The second kappa shape index (κ2) is 4.75. The van der Waals surface area contributed by atoms with Crippen molar-refractivity contribution in [2.24, 2.45) is 0 Å². The Hall–Kier alpha value is -0.620. The highest BCUT2D eigenvalue weighted by atomic mass is 127. The molecule has 0 saturated carbocycles. The Balaban J connectivity index is 3.37. The van der Waals surface area contributed by atoms with Crippen LogP contribution in [0.2, 0.25) is 0 Å². The van der Waals surface area contributed by atoms with Gasteiger partial charge in [0.25, 0.3) is 5.24 Å². The minimum atomic E-state index is -0.565. The molecule has 0 N–H and O–H groups in total. The quantitative estimate of drug-likeness (QED) is 0.487. The fraction of sp³-hybridized carbons (Fsp3) is 0.111. The van der Waals surface area contributed by atoms with Gasteiger partial charge in [0.15, 0.2) is 6.29 Å². The van der Waals surface area contributed by atoms with E-state index in [4.69, 9.17) is 16.3 Å². The first-order chi connectivity index (χ1) is 6.60. The van der Waals surface area contributed by atoms with Crippen LogP contribution in [0.25, 0.3) is 0 Å². The van der Waals surface area contributed by atoms with E-state index in [1.54, 1.807) is 6.07 Å². The number of ether oxygens (including phenoxy) is 1. The molecule has 0 aromatic heterocycles. The average molecular weight is 325 g/mol. The van der Waals surface area contributed by atoms with Gasteiger partial charge < -0.3 is 4.74 Å². The Morgan fingerprint density at radius 3 is 2.64 bits per heavy atom. The smallest absolute Gasteiger partial charge is 0.253 e. The molecule has 74 valence electrons. The summed E-state index contributed by atoms with van der Waals surface area (Å²) in [6.45, 7) is 0. The monoisotopic (exact) mass is 324 g/mol. The molecule has 0 aliphatic heterocycles. The van der Waals surface area contributed by atoms with E-state index in [-0.39, 0.29) is 0 Å². The first-order valence-corrected chi connectivity index (χ1v) is 5.08. The van der Waals surface area contributed by atoms with E-state index in [1.165, 1.54) is 13.2 Å². The first-order valence-electron chi connectivity index (χ1n) is 3.62. The van der Waals surface area contributed by atoms with Gasteiger partial charge in [-0.05, 0) is 46.3 Å². The molecule has 0 heterocycles. The van der Waals surface area contributed by atoms with Gasteiger partial charge in [0.2, 0.25) is 0 Å². The Labute approximate surface area is 99.5 Å². The maximum Gasteiger partial charge on any atom is 0.253 e. The molecule has 0 aliphatic carbocycles. The number of hydrogen-bond acceptors (Lipinski definition) is 3. The molecular weight excluding hydrogens is 318 g/mol. The molecule has 0 atom stereocenters. The SMILES string of the molecule is COc1cc(C(=O)Cl)c(I)cc1C=O. The molecule has 0 fully saturated rings. The number of rotatable bonds is 3. The molecule has 14 heavy (non-hydrogen) atoms. The van der Waals surface area contributed by atoms with Crippen LogP contribution in [-0.4, -0.2) is 18.6 Å². The van der Waals surface area contributed by atoms with Gasteiger partial charge in [0.1, 0.15) is 5.75 Å². The number of aldehydes is 1. The van der Waals surface area contributed by atoms with E-state index in [0.29, 0.717) is 26.7 Å². The van der Waals surface area contributed by atoms with E-state index in [1.807, 2.05) is 22.6 Å². The maximum atomic E-state index is 11.0. The summed E-state index contributed by atoms with van der Waals surface area (Å²) in [5.41, 5.74) is 0.744. The van der Waals surface area contributed by atoms with Crippen molar-refractivity contribution in [3.63, 3.8) is 0 Å². The minimum absolute atomic E-state index is 0.342. The number of halogens is 2. The van der Waals surface area contributed by atoms with Gasteiger partial charge in [-0.15, -0.1) is 0 Å². The van der Waals surface area contributed by atoms with Crippen LogP contribution < -0.4 is 4.74 Å². The van der Waals surface area contributed by atoms with Crippen LogP contribution in [0.3, 0.4) is 0 Å². The molecule has 1 rings (SSSR count). The Morgan fingerprint density at radius 1 is 1.57 bits per heavy atom. The fourth-order valence-electron chi connectivity index (χ4n) is 0.988. The maximum absolute atomic E-state index is 11.0. The second-order valence-corrected chi connectivity index (χ2v) is 3.97. The van der Waals surface area contributed by atoms with E-state index in [0.717, 1.165) is 0 Å². The van der Waals surface area contributed by atoms with Crippen LogP contribution in [-0.2, 0) is 0 Å². The first kappa shape index (κ1) is 11.5. The van der Waals surface area contributed by atoms with E-state index < -0.39 is 5.24 Å². The Kier molecular flexibility index (Phi) is 3.88. The van der Waals surface area contributed by atoms with Crippen molar-refractivity contribution >= 4 is 45.7 Å². The highest BCUT2D eigenvalue weighted by Gasteiger charge is 2.12. The zero-order chi connectivity index (χ0) is 10.7. The van der Waals surface area contributed by atoms with Crippen LogP contribution >= 0.6 is 34.2 Å². The van der Waals surface area contributed by atoms with Gasteiger partial charge in [0.05, 0.1) is 18.2 Å². The zero-order valence-corrected chi connectivity index (χ0v) is 10.1. The fourth-order valence-corrected chi connectivity index (χ4v) is 2.04. The Morgan fingerprint density at radius 2 is 2.21 bits per heavy atom. The number of methoxy groups -OCH3 is 1. The van der Waals surface area contributed by atoms with Gasteiger partial charge in [-0.2, -0.15) is 0 Å². The lowest BCUT2D eigenvalue weighted by Crippen LogP contribution is -1.98. The molecule has 1 aromatic carbocycles. The van der Waals surface area contributed by atoms with Crippen molar-refractivity contribution in [1.82, 2.24) is 0 Å². The number of benzene rings is 1. The van der Waals surface area contributed by atoms with Gasteiger partial charge >= 0.3 is 0 Å². The summed E-state index contributed by atoms with van der Waals surface area (Å²) in [5.74, 6) is 0.351. The number of hydrogen-bond donors (Lipinski definition) is 0. The number of carbonyl (C=O) groups excluding carboxylic acids is 2. The van der Waals surface area contributed by atoms with Crippen LogP contribution in [0.4, 0.5) is 0 Å². The van der Waals surface area contributed by atoms with Crippen molar-refractivity contribution in [3.8, 4) is 5.75 Å². The van der Waals surface area contributed by atoms with Gasteiger partial charge in [-0.25, -0.2) is 0 Å². The largest absolute Gasteiger partial charge is 0.496 e. The third-order valence-corrected chi connectivity index (χ3v) is 2.75. The lowest BCUT2D eigenvalue weighted by Gasteiger charge is -2.06. The topological polar surface area (TPSA) is 43.4 Å². The normalized spacial score (nSPS) is 9.64. The molecule has 0 spiro atoms. The summed E-state index contributed by atoms with van der Waals surface area (Å²) in [6.07, 6.45) is 0.670. The predicted octanol–water partition coefficient (Wildman–Crippen LogP) is 2.49. The summed E-state index contributed by atoms with van der Waals surface area (Å²) in [5, 5.41) is -0.565. The third kappa shape index (κ3) is 2.24. The summed E-state index contributed by atoms with van der Waals surface area (Å²) in [6, 6.07) is 3.02. The highest BCUT2D eigenvalue weighted by molar-refractivity contribution is 14.1. The molecule has 3 nitrogen and oxygen atoms in total. The van der Waals surface area contributed by atoms with Crippen molar-refractivity contribution in [2.75, 3.05) is 7.11 Å². The molecule has 0 bridgehead atoms. The lowest BCUT2D eigenvalue weighted by molar-refractivity contribution is 0.107. The lowest BCUT2D eigenvalue weighted by atomic mass is 10.1. The van der Waals surface area contributed by atoms with Gasteiger partial charge in [-0.3, -0.25) is 9.59 Å². The van der Waals surface area contributed by atoms with Crippen molar-refractivity contribution in [3.05, 3.63) is 26.8 Å². The molecular formula is C9H6ClIO3. The molecule has 0 radical (unpaired) electrons. The number of carbonyl (C=O) groups is 2. The van der Waals surface area contributed by atoms with Crippen LogP contribution in [0, 0.1) is 3.57 Å². The van der Waals surface area contributed by atoms with Crippen molar-refractivity contribution in [2.45, 2.75) is 0 Å². The predicted molar refractivity (Wildman–Crippen MR) is 61.3 cm³/mol. The molecule has 0 unspecified atom stereocenters. The molecule has 0 amide bonds. The molecule has 5 heteroatoms. The molecule has 0 aliphatic rings. The van der Waals surface area contributed by atoms with Crippen LogP contribution in [0.1, 0.15) is 20.7 Å². The molecule has 0 saturated heterocycles. The van der Waals surface area contributed by atoms with E-state index in [9.17, 15) is 9.59 Å². The van der Waals surface area contributed by atoms with E-state index >= 15 is 0 Å². The zero-order valence-electron chi connectivity index (χ0n) is 7.21. The van der Waals surface area contributed by atoms with E-state index in [2.05, 4.69) is 0 Å². The summed E-state index contributed by atoms with van der Waals surface area (Å²) < 4.78 is 5.57. The Bertz CT molecular complexity index is 390. The second-order valence-electron chi connectivity index (χ2n) is 2.47. The third-order valence-electron chi connectivity index (χ3n) is 1.66. The highest BCUT2D eigenvalue weighted by Crippen LogP contribution is 2.24. The minimum Gasteiger partial charge on any atom is -0.496 e. The summed E-state index contributed by atoms with van der Waals surface area (Å²) in [7, 11) is 1.43. The van der Waals surface area contributed by atoms with Crippen molar-refractivity contribution in [1.29, 1.82) is 0 Å². The van der Waals surface area contributed by atoms with Gasteiger partial charge in [-0.1, -0.05) is 0 Å². The van der Waals surface area contributed by atoms with Crippen molar-refractivity contribution < 1.29 is 14.3 Å². The average Bonchev–Trinajstić information content (AvgIpc) is 2.16. The van der Waals surface area contributed by atoms with Gasteiger partial charge in [0, 0.05) is 3.57 Å². The van der Waals surface area contributed by atoms with Crippen LogP contribution in [0.15, 0.2) is 12.1 Å².